The lowest BCUT2D eigenvalue weighted by atomic mass is 10.1. The fourth-order valence-electron chi connectivity index (χ4n) is 2.16. The lowest BCUT2D eigenvalue weighted by molar-refractivity contribution is 0.357. The minimum atomic E-state index is -2.92. The fourth-order valence-corrected chi connectivity index (χ4v) is 3.18. The molecule has 0 radical (unpaired) electrons. The second-order valence-electron chi connectivity index (χ2n) is 4.91. The third-order valence-electron chi connectivity index (χ3n) is 2.96. The van der Waals surface area contributed by atoms with Crippen molar-refractivity contribution in [3.05, 3.63) is 29.3 Å². The molecule has 100 valence electrons. The van der Waals surface area contributed by atoms with Crippen molar-refractivity contribution in [2.75, 3.05) is 18.6 Å². The molecule has 1 atom stereocenters. The Hall–Kier alpha value is -1.07. The van der Waals surface area contributed by atoms with Crippen molar-refractivity contribution in [1.29, 1.82) is 0 Å². The van der Waals surface area contributed by atoms with E-state index in [2.05, 4.69) is 11.4 Å². The summed E-state index contributed by atoms with van der Waals surface area (Å²) >= 11 is 0. The Labute approximate surface area is 108 Å². The summed E-state index contributed by atoms with van der Waals surface area (Å²) in [6.45, 7) is 3.33. The first-order valence-electron chi connectivity index (χ1n) is 6.10. The topological polar surface area (TPSA) is 55.4 Å². The van der Waals surface area contributed by atoms with Crippen LogP contribution in [0.25, 0.3) is 0 Å². The number of ether oxygens (including phenoxy) is 1. The molecule has 0 saturated heterocycles. The van der Waals surface area contributed by atoms with Gasteiger partial charge in [0.25, 0.3) is 0 Å². The van der Waals surface area contributed by atoms with Crippen LogP contribution in [0.1, 0.15) is 18.1 Å². The van der Waals surface area contributed by atoms with E-state index >= 15 is 0 Å². The van der Waals surface area contributed by atoms with Gasteiger partial charge in [-0.3, -0.25) is 0 Å². The molecule has 1 aromatic rings. The second kappa shape index (κ2) is 5.28. The first-order chi connectivity index (χ1) is 8.44. The fraction of sp³-hybridized carbons (Fsp3) is 0.538. The van der Waals surface area contributed by atoms with E-state index in [1.54, 1.807) is 0 Å². The Bertz CT molecular complexity index is 525. The molecule has 0 fully saturated rings. The van der Waals surface area contributed by atoms with Crippen molar-refractivity contribution >= 4 is 9.84 Å². The molecule has 1 aliphatic rings. The van der Waals surface area contributed by atoms with Crippen LogP contribution in [-0.4, -0.2) is 33.1 Å². The van der Waals surface area contributed by atoms with Gasteiger partial charge in [-0.25, -0.2) is 8.42 Å². The molecule has 1 N–H and O–H groups in total. The van der Waals surface area contributed by atoms with Crippen molar-refractivity contribution < 1.29 is 13.2 Å². The molecular formula is C13H19NO3S. The minimum absolute atomic E-state index is 0.0375. The summed E-state index contributed by atoms with van der Waals surface area (Å²) in [4.78, 5) is 0. The van der Waals surface area contributed by atoms with Crippen LogP contribution in [-0.2, 0) is 22.8 Å². The van der Waals surface area contributed by atoms with Crippen molar-refractivity contribution in [2.45, 2.75) is 25.9 Å². The highest BCUT2D eigenvalue weighted by Gasteiger charge is 2.13. The van der Waals surface area contributed by atoms with Crippen LogP contribution < -0.4 is 10.1 Å². The average Bonchev–Trinajstić information content (AvgIpc) is 2.71. The van der Waals surface area contributed by atoms with Gasteiger partial charge in [-0.1, -0.05) is 12.1 Å². The minimum Gasteiger partial charge on any atom is -0.493 e. The predicted octanol–water partition coefficient (Wildman–Crippen LogP) is 1.14. The molecule has 1 aromatic carbocycles. The first kappa shape index (κ1) is 13.4. The normalized spacial score (nSPS) is 16.1. The Morgan fingerprint density at radius 3 is 2.94 bits per heavy atom. The van der Waals surface area contributed by atoms with Crippen LogP contribution in [0.3, 0.4) is 0 Å². The molecule has 0 bridgehead atoms. The third kappa shape index (κ3) is 3.71. The summed E-state index contributed by atoms with van der Waals surface area (Å²) in [5.74, 6) is 1.14. The van der Waals surface area contributed by atoms with E-state index in [1.807, 2.05) is 19.1 Å². The SMILES string of the molecule is CC(CS(C)(=O)=O)NCc1ccc2c(c1)CCO2. The van der Waals surface area contributed by atoms with E-state index in [0.717, 1.165) is 18.8 Å². The Morgan fingerprint density at radius 2 is 2.22 bits per heavy atom. The molecule has 0 spiro atoms. The van der Waals surface area contributed by atoms with Crippen LogP contribution in [0.4, 0.5) is 0 Å². The van der Waals surface area contributed by atoms with E-state index in [9.17, 15) is 8.42 Å². The molecule has 18 heavy (non-hydrogen) atoms. The maximum absolute atomic E-state index is 11.1. The van der Waals surface area contributed by atoms with Gasteiger partial charge in [0.15, 0.2) is 0 Å². The summed E-state index contributed by atoms with van der Waals surface area (Å²) < 4.78 is 27.7. The highest BCUT2D eigenvalue weighted by molar-refractivity contribution is 7.90. The molecule has 1 heterocycles. The van der Waals surface area contributed by atoms with Crippen molar-refractivity contribution in [1.82, 2.24) is 5.32 Å². The highest BCUT2D eigenvalue weighted by Crippen LogP contribution is 2.25. The van der Waals surface area contributed by atoms with E-state index in [4.69, 9.17) is 4.74 Å². The summed E-state index contributed by atoms with van der Waals surface area (Å²) in [6.07, 6.45) is 2.22. The number of fused-ring (bicyclic) bond motifs is 1. The van der Waals surface area contributed by atoms with Crippen molar-refractivity contribution in [3.63, 3.8) is 0 Å². The molecule has 0 amide bonds. The van der Waals surface area contributed by atoms with Gasteiger partial charge in [-0.2, -0.15) is 0 Å². The average molecular weight is 269 g/mol. The van der Waals surface area contributed by atoms with E-state index in [0.29, 0.717) is 6.54 Å². The maximum Gasteiger partial charge on any atom is 0.148 e. The van der Waals surface area contributed by atoms with Crippen LogP contribution in [0.2, 0.25) is 0 Å². The van der Waals surface area contributed by atoms with E-state index in [1.165, 1.54) is 17.4 Å². The van der Waals surface area contributed by atoms with Crippen molar-refractivity contribution in [2.24, 2.45) is 0 Å². The molecule has 2 rings (SSSR count). The van der Waals surface area contributed by atoms with Gasteiger partial charge in [-0.05, 0) is 24.1 Å². The number of hydrogen-bond acceptors (Lipinski definition) is 4. The van der Waals surface area contributed by atoms with Crippen LogP contribution >= 0.6 is 0 Å². The standard InChI is InChI=1S/C13H19NO3S/c1-10(9-18(2,15)16)14-8-11-3-4-13-12(7-11)5-6-17-13/h3-4,7,10,14H,5-6,8-9H2,1-2H3. The number of hydrogen-bond donors (Lipinski definition) is 1. The second-order valence-corrected chi connectivity index (χ2v) is 7.10. The van der Waals surface area contributed by atoms with Gasteiger partial charge in [0.1, 0.15) is 15.6 Å². The van der Waals surface area contributed by atoms with Crippen LogP contribution in [0.15, 0.2) is 18.2 Å². The Kier molecular flexibility index (Phi) is 3.92. The van der Waals surface area contributed by atoms with Gasteiger partial charge in [-0.15, -0.1) is 0 Å². The molecule has 1 aliphatic heterocycles. The zero-order valence-electron chi connectivity index (χ0n) is 10.8. The lowest BCUT2D eigenvalue weighted by Crippen LogP contribution is -2.32. The van der Waals surface area contributed by atoms with Gasteiger partial charge in [0.2, 0.25) is 0 Å². The molecule has 1 unspecified atom stereocenters. The largest absolute Gasteiger partial charge is 0.493 e. The monoisotopic (exact) mass is 269 g/mol. The summed E-state index contributed by atoms with van der Waals surface area (Å²) in [5.41, 5.74) is 2.41. The molecule has 0 aliphatic carbocycles. The zero-order chi connectivity index (χ0) is 13.2. The van der Waals surface area contributed by atoms with Crippen LogP contribution in [0.5, 0.6) is 5.75 Å². The molecule has 0 saturated carbocycles. The quantitative estimate of drug-likeness (QED) is 0.871. The molecule has 4 nitrogen and oxygen atoms in total. The number of benzene rings is 1. The Morgan fingerprint density at radius 1 is 1.44 bits per heavy atom. The Balaban J connectivity index is 1.90. The smallest absolute Gasteiger partial charge is 0.148 e. The van der Waals surface area contributed by atoms with Crippen molar-refractivity contribution in [3.8, 4) is 5.75 Å². The summed E-state index contributed by atoms with van der Waals surface area (Å²) in [7, 11) is -2.92. The van der Waals surface area contributed by atoms with Gasteiger partial charge in [0.05, 0.1) is 12.4 Å². The third-order valence-corrected chi connectivity index (χ3v) is 4.07. The molecule has 5 heteroatoms. The first-order valence-corrected chi connectivity index (χ1v) is 8.16. The maximum atomic E-state index is 11.1. The van der Waals surface area contributed by atoms with Crippen LogP contribution in [0, 0.1) is 0 Å². The molecule has 0 aromatic heterocycles. The van der Waals surface area contributed by atoms with Gasteiger partial charge >= 0.3 is 0 Å². The van der Waals surface area contributed by atoms with Gasteiger partial charge in [0, 0.05) is 25.3 Å². The van der Waals surface area contributed by atoms with E-state index < -0.39 is 9.84 Å². The lowest BCUT2D eigenvalue weighted by Gasteiger charge is -2.13. The summed E-state index contributed by atoms with van der Waals surface area (Å²) in [5, 5.41) is 3.23. The zero-order valence-corrected chi connectivity index (χ0v) is 11.6. The number of sulfone groups is 1. The summed E-state index contributed by atoms with van der Waals surface area (Å²) in [6, 6.07) is 6.09. The highest BCUT2D eigenvalue weighted by atomic mass is 32.2. The number of rotatable bonds is 5. The van der Waals surface area contributed by atoms with Gasteiger partial charge < -0.3 is 10.1 Å². The molecular weight excluding hydrogens is 250 g/mol. The predicted molar refractivity (Wildman–Crippen MR) is 71.7 cm³/mol. The van der Waals surface area contributed by atoms with E-state index in [-0.39, 0.29) is 11.8 Å². The number of nitrogens with one attached hydrogen (secondary N) is 1.